The van der Waals surface area contributed by atoms with Crippen LogP contribution in [0.4, 0.5) is 11.5 Å². The number of rotatable bonds is 6. The second kappa shape index (κ2) is 6.12. The number of aliphatic hydroxyl groups is 1. The molecule has 0 aliphatic heterocycles. The summed E-state index contributed by atoms with van der Waals surface area (Å²) in [6.07, 6.45) is 2.06. The van der Waals surface area contributed by atoms with Gasteiger partial charge in [0.1, 0.15) is 12.0 Å². The van der Waals surface area contributed by atoms with Crippen LogP contribution in [0.25, 0.3) is 0 Å². The SMILES string of the molecule is CC(C)Oc1ncnc(NCCCO)c1N. The molecule has 0 radical (unpaired) electrons. The van der Waals surface area contributed by atoms with E-state index in [0.717, 1.165) is 0 Å². The molecule has 0 aliphatic carbocycles. The molecule has 0 saturated heterocycles. The van der Waals surface area contributed by atoms with E-state index in [4.69, 9.17) is 15.6 Å². The highest BCUT2D eigenvalue weighted by atomic mass is 16.5. The van der Waals surface area contributed by atoms with Crippen LogP contribution in [0.15, 0.2) is 6.33 Å². The number of nitrogens with zero attached hydrogens (tertiary/aromatic N) is 2. The molecular formula is C10H18N4O2. The Hall–Kier alpha value is -1.56. The van der Waals surface area contributed by atoms with Gasteiger partial charge in [0.2, 0.25) is 5.88 Å². The molecule has 1 rings (SSSR count). The first-order valence-electron chi connectivity index (χ1n) is 5.27. The zero-order valence-electron chi connectivity index (χ0n) is 9.60. The van der Waals surface area contributed by atoms with Crippen molar-refractivity contribution in [2.45, 2.75) is 26.4 Å². The summed E-state index contributed by atoms with van der Waals surface area (Å²) in [5, 5.41) is 11.7. The Balaban J connectivity index is 2.70. The number of hydrogen-bond acceptors (Lipinski definition) is 6. The van der Waals surface area contributed by atoms with Crippen molar-refractivity contribution in [1.29, 1.82) is 0 Å². The third-order valence-electron chi connectivity index (χ3n) is 1.82. The molecule has 0 aromatic carbocycles. The van der Waals surface area contributed by atoms with E-state index in [-0.39, 0.29) is 12.7 Å². The van der Waals surface area contributed by atoms with Gasteiger partial charge in [-0.2, -0.15) is 4.98 Å². The zero-order valence-corrected chi connectivity index (χ0v) is 9.60. The molecule has 0 aliphatic rings. The minimum atomic E-state index is 0.0162. The van der Waals surface area contributed by atoms with Gasteiger partial charge < -0.3 is 20.9 Å². The average Bonchev–Trinajstić information content (AvgIpc) is 2.23. The average molecular weight is 226 g/mol. The lowest BCUT2D eigenvalue weighted by Crippen LogP contribution is -2.12. The molecule has 0 unspecified atom stereocenters. The fourth-order valence-electron chi connectivity index (χ4n) is 1.12. The van der Waals surface area contributed by atoms with Crippen LogP contribution < -0.4 is 15.8 Å². The molecule has 6 nitrogen and oxygen atoms in total. The Bertz CT molecular complexity index is 331. The van der Waals surface area contributed by atoms with Crippen molar-refractivity contribution >= 4 is 11.5 Å². The maximum Gasteiger partial charge on any atom is 0.242 e. The molecule has 0 fully saturated rings. The van der Waals surface area contributed by atoms with Crippen LogP contribution in [0.1, 0.15) is 20.3 Å². The number of hydrogen-bond donors (Lipinski definition) is 3. The molecule has 1 aromatic rings. The van der Waals surface area contributed by atoms with E-state index in [1.807, 2.05) is 13.8 Å². The Morgan fingerprint density at radius 1 is 1.50 bits per heavy atom. The highest BCUT2D eigenvalue weighted by Crippen LogP contribution is 2.25. The monoisotopic (exact) mass is 226 g/mol. The normalized spacial score (nSPS) is 10.5. The fourth-order valence-corrected chi connectivity index (χ4v) is 1.12. The maximum absolute atomic E-state index is 8.66. The van der Waals surface area contributed by atoms with Gasteiger partial charge in [-0.15, -0.1) is 0 Å². The first kappa shape index (κ1) is 12.5. The van der Waals surface area contributed by atoms with E-state index in [1.54, 1.807) is 0 Å². The van der Waals surface area contributed by atoms with Gasteiger partial charge in [0.05, 0.1) is 6.10 Å². The minimum absolute atomic E-state index is 0.0162. The van der Waals surface area contributed by atoms with Gasteiger partial charge in [-0.05, 0) is 20.3 Å². The van der Waals surface area contributed by atoms with E-state index in [0.29, 0.717) is 30.4 Å². The summed E-state index contributed by atoms with van der Waals surface area (Å²) in [5.41, 5.74) is 6.24. The number of ether oxygens (including phenoxy) is 1. The van der Waals surface area contributed by atoms with Crippen molar-refractivity contribution in [3.8, 4) is 5.88 Å². The largest absolute Gasteiger partial charge is 0.473 e. The highest BCUT2D eigenvalue weighted by Gasteiger charge is 2.09. The number of anilines is 2. The van der Waals surface area contributed by atoms with E-state index in [9.17, 15) is 0 Å². The van der Waals surface area contributed by atoms with Gasteiger partial charge >= 0.3 is 0 Å². The van der Waals surface area contributed by atoms with Crippen molar-refractivity contribution in [2.24, 2.45) is 0 Å². The predicted molar refractivity (Wildman–Crippen MR) is 62.4 cm³/mol. The molecule has 16 heavy (non-hydrogen) atoms. The van der Waals surface area contributed by atoms with E-state index in [1.165, 1.54) is 6.33 Å². The molecule has 0 amide bonds. The van der Waals surface area contributed by atoms with Crippen LogP contribution in [0, 0.1) is 0 Å². The topological polar surface area (TPSA) is 93.3 Å². The number of aliphatic hydroxyl groups excluding tert-OH is 1. The third-order valence-corrected chi connectivity index (χ3v) is 1.82. The van der Waals surface area contributed by atoms with E-state index >= 15 is 0 Å². The van der Waals surface area contributed by atoms with Crippen molar-refractivity contribution in [3.63, 3.8) is 0 Å². The molecule has 0 spiro atoms. The Morgan fingerprint density at radius 2 is 2.25 bits per heavy atom. The van der Waals surface area contributed by atoms with Gasteiger partial charge in [0, 0.05) is 13.2 Å². The van der Waals surface area contributed by atoms with Crippen LogP contribution >= 0.6 is 0 Å². The number of nitrogens with one attached hydrogen (secondary N) is 1. The van der Waals surface area contributed by atoms with Crippen LogP contribution in [-0.2, 0) is 0 Å². The smallest absolute Gasteiger partial charge is 0.242 e. The quantitative estimate of drug-likeness (QED) is 0.616. The summed E-state index contributed by atoms with van der Waals surface area (Å²) in [4.78, 5) is 7.97. The number of aromatic nitrogens is 2. The fraction of sp³-hybridized carbons (Fsp3) is 0.600. The van der Waals surface area contributed by atoms with E-state index < -0.39 is 0 Å². The van der Waals surface area contributed by atoms with E-state index in [2.05, 4.69) is 15.3 Å². The zero-order chi connectivity index (χ0) is 12.0. The summed E-state index contributed by atoms with van der Waals surface area (Å²) in [7, 11) is 0. The summed E-state index contributed by atoms with van der Waals surface area (Å²) < 4.78 is 5.43. The summed E-state index contributed by atoms with van der Waals surface area (Å²) in [6.45, 7) is 4.55. The minimum Gasteiger partial charge on any atom is -0.473 e. The number of nitrogens with two attached hydrogens (primary N) is 1. The predicted octanol–water partition coefficient (Wildman–Crippen LogP) is 0.640. The van der Waals surface area contributed by atoms with Gasteiger partial charge in [-0.3, -0.25) is 0 Å². The highest BCUT2D eigenvalue weighted by molar-refractivity contribution is 5.66. The maximum atomic E-state index is 8.66. The molecule has 1 heterocycles. The van der Waals surface area contributed by atoms with Crippen molar-refractivity contribution in [2.75, 3.05) is 24.2 Å². The summed E-state index contributed by atoms with van der Waals surface area (Å²) >= 11 is 0. The van der Waals surface area contributed by atoms with Gasteiger partial charge in [-0.1, -0.05) is 0 Å². The lowest BCUT2D eigenvalue weighted by atomic mass is 10.4. The second-order valence-corrected chi connectivity index (χ2v) is 3.61. The first-order chi connectivity index (χ1) is 7.65. The van der Waals surface area contributed by atoms with Crippen LogP contribution in [0.2, 0.25) is 0 Å². The molecule has 1 aromatic heterocycles. The molecule has 0 saturated carbocycles. The molecule has 6 heteroatoms. The first-order valence-corrected chi connectivity index (χ1v) is 5.27. The van der Waals surface area contributed by atoms with Crippen LogP contribution in [0.3, 0.4) is 0 Å². The lowest BCUT2D eigenvalue weighted by Gasteiger charge is -2.13. The summed E-state index contributed by atoms with van der Waals surface area (Å²) in [5.74, 6) is 0.926. The third kappa shape index (κ3) is 3.54. The van der Waals surface area contributed by atoms with Gasteiger partial charge in [0.15, 0.2) is 5.82 Å². The molecule has 4 N–H and O–H groups in total. The molecule has 90 valence electrons. The van der Waals surface area contributed by atoms with Crippen molar-refractivity contribution in [3.05, 3.63) is 6.33 Å². The molecular weight excluding hydrogens is 208 g/mol. The van der Waals surface area contributed by atoms with Crippen molar-refractivity contribution < 1.29 is 9.84 Å². The van der Waals surface area contributed by atoms with Crippen LogP contribution in [0.5, 0.6) is 5.88 Å². The lowest BCUT2D eigenvalue weighted by molar-refractivity contribution is 0.234. The Morgan fingerprint density at radius 3 is 2.88 bits per heavy atom. The second-order valence-electron chi connectivity index (χ2n) is 3.61. The Kier molecular flexibility index (Phi) is 4.78. The van der Waals surface area contributed by atoms with Crippen molar-refractivity contribution in [1.82, 2.24) is 9.97 Å². The van der Waals surface area contributed by atoms with Gasteiger partial charge in [0.25, 0.3) is 0 Å². The molecule has 0 bridgehead atoms. The standard InChI is InChI=1S/C10H18N4O2/c1-7(2)16-10-8(11)9(13-6-14-10)12-4-3-5-15/h6-7,15H,3-5,11H2,1-2H3,(H,12,13,14). The van der Waals surface area contributed by atoms with Crippen LogP contribution in [-0.4, -0.2) is 34.3 Å². The Labute approximate surface area is 94.9 Å². The number of nitrogen functional groups attached to an aromatic ring is 1. The van der Waals surface area contributed by atoms with Gasteiger partial charge in [-0.25, -0.2) is 4.98 Å². The molecule has 0 atom stereocenters. The summed E-state index contributed by atoms with van der Waals surface area (Å²) in [6, 6.07) is 0.